The number of aromatic hydroxyl groups is 1. The zero-order valence-corrected chi connectivity index (χ0v) is 34.9. The quantitative estimate of drug-likeness (QED) is 0.162. The molecule has 8 rings (SSSR count). The molecule has 0 aliphatic carbocycles. The van der Waals surface area contributed by atoms with Crippen molar-refractivity contribution < 1.29 is 45.4 Å². The van der Waals surface area contributed by atoms with Crippen LogP contribution in [0, 0.1) is 6.07 Å². The number of phenolic OH excluding ortho intramolecular Hbond substituents is 1. The summed E-state index contributed by atoms with van der Waals surface area (Å²) in [5.74, 6) is -0.536. The van der Waals surface area contributed by atoms with Crippen LogP contribution in [0.2, 0.25) is 0 Å². The molecule has 8 aromatic rings. The van der Waals surface area contributed by atoms with Gasteiger partial charge in [0.25, 0.3) is 0 Å². The van der Waals surface area contributed by atoms with Crippen LogP contribution in [0.1, 0.15) is 96.9 Å². The Labute approximate surface area is 377 Å². The first-order valence-corrected chi connectivity index (χ1v) is 18.6. The third kappa shape index (κ3) is 7.96. The Balaban J connectivity index is 0.00000760. The third-order valence-corrected chi connectivity index (χ3v) is 10.1. The number of para-hydroxylation sites is 2. The number of fused-ring (bicyclic) bond motifs is 1. The van der Waals surface area contributed by atoms with E-state index < -0.39 is 67.0 Å². The van der Waals surface area contributed by atoms with Gasteiger partial charge in [-0.1, -0.05) is 157 Å². The molecule has 0 aliphatic rings. The fourth-order valence-electron chi connectivity index (χ4n) is 7.04. The van der Waals surface area contributed by atoms with Gasteiger partial charge in [0.15, 0.2) is 0 Å². The molecule has 4 nitrogen and oxygen atoms in total. The minimum atomic E-state index is -3.81. The zero-order chi connectivity index (χ0) is 52.0. The molecule has 0 unspecified atom stereocenters. The van der Waals surface area contributed by atoms with Gasteiger partial charge in [0.2, 0.25) is 0 Å². The number of hydrogen-bond donors (Lipinski definition) is 1. The van der Waals surface area contributed by atoms with Crippen LogP contribution in [0.4, 0.5) is 0 Å². The molecule has 0 aliphatic heterocycles. The topological polar surface area (TPSA) is 50.9 Å². The van der Waals surface area contributed by atoms with Gasteiger partial charge in [-0.05, 0) is 86.5 Å². The van der Waals surface area contributed by atoms with E-state index in [0.717, 1.165) is 27.9 Å². The van der Waals surface area contributed by atoms with Gasteiger partial charge in [-0.3, -0.25) is 9.55 Å². The number of rotatable bonds is 7. The minimum Gasteiger partial charge on any atom is -0.507 e. The second-order valence-corrected chi connectivity index (χ2v) is 15.4. The number of phenols is 1. The van der Waals surface area contributed by atoms with Crippen LogP contribution in [0.3, 0.4) is 0 Å². The Kier molecular flexibility index (Phi) is 7.29. The Bertz CT molecular complexity index is 3300. The van der Waals surface area contributed by atoms with E-state index in [9.17, 15) is 6.48 Å². The standard InChI is InChI=1S/C53H50N3O.Pt/c1-34(2)46-33-42(25-26-43(46)36-15-10-9-11-16-36)56-48-19-14-18-44(50(48)55-51(56)45-17-12-13-20-49(45)57)38-29-39(31-41(30-38)53(6,7)8)47-32-37(27-28-54-47)35-21-23-40(24-22-35)52(3,4)5;/h9-28,30-34,57H,1-8H3;/q-1;/i3D3,4D3,5D3,21D,22D,23D,24D,34D;. The van der Waals surface area contributed by atoms with Gasteiger partial charge < -0.3 is 5.11 Å². The van der Waals surface area contributed by atoms with Crippen LogP contribution in [-0.4, -0.2) is 19.6 Å². The maximum atomic E-state index is 11.3. The van der Waals surface area contributed by atoms with Gasteiger partial charge in [0.1, 0.15) is 11.6 Å². The van der Waals surface area contributed by atoms with Crippen molar-refractivity contribution in [3.05, 3.63) is 168 Å². The zero-order valence-electron chi connectivity index (χ0n) is 46.7. The van der Waals surface area contributed by atoms with Gasteiger partial charge in [0, 0.05) is 52.4 Å². The molecule has 294 valence electrons. The number of nitrogens with zero attached hydrogens (tertiary/aromatic N) is 3. The van der Waals surface area contributed by atoms with Crippen molar-refractivity contribution in [3.63, 3.8) is 0 Å². The number of aromatic nitrogens is 3. The first-order valence-electron chi connectivity index (χ1n) is 25.6. The predicted molar refractivity (Wildman–Crippen MR) is 238 cm³/mol. The van der Waals surface area contributed by atoms with Crippen molar-refractivity contribution in [2.75, 3.05) is 0 Å². The van der Waals surface area contributed by atoms with Crippen molar-refractivity contribution >= 4 is 11.0 Å². The number of imidazole rings is 1. The van der Waals surface area contributed by atoms with E-state index in [1.54, 1.807) is 18.2 Å². The van der Waals surface area contributed by atoms with Gasteiger partial charge >= 0.3 is 0 Å². The Hall–Kier alpha value is -5.57. The Morgan fingerprint density at radius 3 is 2.10 bits per heavy atom. The van der Waals surface area contributed by atoms with Crippen molar-refractivity contribution in [1.82, 2.24) is 14.5 Å². The summed E-state index contributed by atoms with van der Waals surface area (Å²) in [4.78, 5) is 9.90. The molecule has 0 saturated carbocycles. The molecule has 2 aromatic heterocycles. The van der Waals surface area contributed by atoms with Crippen LogP contribution >= 0.6 is 0 Å². The number of pyridine rings is 1. The number of hydrogen-bond acceptors (Lipinski definition) is 3. The molecule has 2 heterocycles. The molecule has 0 atom stereocenters. The monoisotopic (exact) mass is 953 g/mol. The van der Waals surface area contributed by atoms with E-state index >= 15 is 0 Å². The molecule has 5 heteroatoms. The van der Waals surface area contributed by atoms with Crippen LogP contribution in [0.5, 0.6) is 5.75 Å². The summed E-state index contributed by atoms with van der Waals surface area (Å²) in [5.41, 5.74) is 2.42. The fourth-order valence-corrected chi connectivity index (χ4v) is 7.04. The average Bonchev–Trinajstić information content (AvgIpc) is 3.68. The van der Waals surface area contributed by atoms with Gasteiger partial charge in [-0.2, -0.15) is 0 Å². The van der Waals surface area contributed by atoms with E-state index in [4.69, 9.17) is 22.8 Å². The Morgan fingerprint density at radius 1 is 0.690 bits per heavy atom. The molecule has 0 spiro atoms. The molecule has 58 heavy (non-hydrogen) atoms. The molecule has 1 N–H and O–H groups in total. The molecule has 0 bridgehead atoms. The molecule has 0 fully saturated rings. The normalized spacial score (nSPS) is 16.2. The summed E-state index contributed by atoms with van der Waals surface area (Å²) < 4.78 is 121. The van der Waals surface area contributed by atoms with E-state index in [1.807, 2.05) is 124 Å². The molecular formula is C53H50N3OPt-. The molecule has 0 saturated heterocycles. The smallest absolute Gasteiger partial charge is 0.148 e. The molecule has 0 radical (unpaired) electrons. The molecule has 0 amide bonds. The van der Waals surface area contributed by atoms with Gasteiger partial charge in [-0.15, -0.1) is 29.3 Å². The van der Waals surface area contributed by atoms with Crippen molar-refractivity contribution in [1.29, 1.82) is 0 Å². The summed E-state index contributed by atoms with van der Waals surface area (Å²) in [6.07, 6.45) is 1.40. The molecule has 6 aromatic carbocycles. The van der Waals surface area contributed by atoms with E-state index in [-0.39, 0.29) is 37.9 Å². The van der Waals surface area contributed by atoms with Gasteiger partial charge in [-0.25, -0.2) is 4.98 Å². The maximum absolute atomic E-state index is 11.3. The van der Waals surface area contributed by atoms with Crippen LogP contribution in [-0.2, 0) is 31.9 Å². The fraction of sp³-hybridized carbons (Fsp3) is 0.208. The summed E-state index contributed by atoms with van der Waals surface area (Å²) in [6.45, 7) is -1.62. The first-order chi connectivity index (χ1) is 33.0. The summed E-state index contributed by atoms with van der Waals surface area (Å²) in [5, 5.41) is 11.3. The largest absolute Gasteiger partial charge is 0.507 e. The minimum absolute atomic E-state index is 0. The van der Waals surface area contributed by atoms with Crippen molar-refractivity contribution in [3.8, 4) is 67.5 Å². The Morgan fingerprint density at radius 2 is 1.40 bits per heavy atom. The third-order valence-electron chi connectivity index (χ3n) is 10.1. The predicted octanol–water partition coefficient (Wildman–Crippen LogP) is 14.0. The molecular weight excluding hydrogens is 890 g/mol. The van der Waals surface area contributed by atoms with Gasteiger partial charge in [0.05, 0.1) is 22.1 Å². The average molecular weight is 954 g/mol. The van der Waals surface area contributed by atoms with E-state index in [0.29, 0.717) is 44.8 Å². The van der Waals surface area contributed by atoms with Crippen LogP contribution in [0.15, 0.2) is 146 Å². The summed E-state index contributed by atoms with van der Waals surface area (Å²) >= 11 is 0. The SMILES string of the molecule is [2H]c1c([2H])c(C(C([2H])([2H])[2H])(C([2H])([2H])[2H])C([2H])([2H])[2H])c([2H])c([2H])c1-c1ccnc(-c2[c-]c(-c3cccc4c3nc(-c3ccccc3O)n4-c3ccc(-c4ccccc4)c(C([2H])(C)C)c3)cc(C(C)(C)C)c2)c1.[Pt]. The van der Waals surface area contributed by atoms with Crippen LogP contribution in [0.25, 0.3) is 72.7 Å². The summed E-state index contributed by atoms with van der Waals surface area (Å²) in [7, 11) is 0. The second-order valence-electron chi connectivity index (χ2n) is 15.4. The maximum Gasteiger partial charge on any atom is 0.148 e. The summed E-state index contributed by atoms with van der Waals surface area (Å²) in [6, 6.07) is 35.1. The number of benzene rings is 6. The van der Waals surface area contributed by atoms with Crippen LogP contribution < -0.4 is 0 Å². The van der Waals surface area contributed by atoms with E-state index in [1.165, 1.54) is 18.3 Å². The van der Waals surface area contributed by atoms with Crippen molar-refractivity contribution in [2.45, 2.75) is 71.9 Å². The van der Waals surface area contributed by atoms with Crippen molar-refractivity contribution in [2.24, 2.45) is 0 Å². The second kappa shape index (κ2) is 16.0. The first kappa shape index (κ1) is 26.4. The van der Waals surface area contributed by atoms with E-state index in [2.05, 4.69) is 11.1 Å².